The van der Waals surface area contributed by atoms with Crippen LogP contribution in [0.1, 0.15) is 0 Å². The van der Waals surface area contributed by atoms with Crippen molar-refractivity contribution >= 4 is 21.8 Å². The summed E-state index contributed by atoms with van der Waals surface area (Å²) in [7, 11) is 0. The van der Waals surface area contributed by atoms with Gasteiger partial charge in [-0.3, -0.25) is 4.79 Å². The van der Waals surface area contributed by atoms with E-state index in [2.05, 4.69) is 4.98 Å². The Balaban J connectivity index is 2.22. The number of aromatic amines is 1. The maximum absolute atomic E-state index is 12.4. The van der Waals surface area contributed by atoms with Gasteiger partial charge in [-0.25, -0.2) is 0 Å². The van der Waals surface area contributed by atoms with E-state index in [0.717, 1.165) is 11.0 Å². The number of nitrogens with one attached hydrogen (secondary N) is 1. The topological polar surface area (TPSA) is 51.3 Å². The van der Waals surface area contributed by atoms with Crippen LogP contribution in [-0.2, 0) is 0 Å². The minimum absolute atomic E-state index is 0.0117. The van der Waals surface area contributed by atoms with Gasteiger partial charge in [0.2, 0.25) is 6.79 Å². The molecule has 4 rings (SSSR count). The lowest BCUT2D eigenvalue weighted by Crippen LogP contribution is -2.03. The summed E-state index contributed by atoms with van der Waals surface area (Å²) in [6, 6.07) is 11.0. The third-order valence-electron chi connectivity index (χ3n) is 3.20. The van der Waals surface area contributed by atoms with E-state index in [1.165, 1.54) is 0 Å². The highest BCUT2D eigenvalue weighted by Crippen LogP contribution is 2.34. The summed E-state index contributed by atoms with van der Waals surface area (Å²) in [5.74, 6) is 1.30. The van der Waals surface area contributed by atoms with Gasteiger partial charge in [-0.15, -0.1) is 0 Å². The highest BCUT2D eigenvalue weighted by molar-refractivity contribution is 5.94. The average molecular weight is 239 g/mol. The number of H-pyrrole nitrogens is 1. The molecule has 0 fully saturated rings. The van der Waals surface area contributed by atoms with E-state index in [1.54, 1.807) is 6.07 Å². The first-order chi connectivity index (χ1) is 8.83. The van der Waals surface area contributed by atoms with Crippen molar-refractivity contribution in [2.24, 2.45) is 0 Å². The zero-order chi connectivity index (χ0) is 12.1. The minimum atomic E-state index is 0.0117. The van der Waals surface area contributed by atoms with E-state index in [4.69, 9.17) is 9.47 Å². The maximum Gasteiger partial charge on any atom is 0.231 e. The van der Waals surface area contributed by atoms with Gasteiger partial charge in [0.1, 0.15) is 0 Å². The van der Waals surface area contributed by atoms with Crippen LogP contribution in [0.5, 0.6) is 11.5 Å². The van der Waals surface area contributed by atoms with E-state index in [1.807, 2.05) is 30.3 Å². The summed E-state index contributed by atoms with van der Waals surface area (Å²) in [6.07, 6.45) is 0. The number of fused-ring (bicyclic) bond motifs is 3. The zero-order valence-electron chi connectivity index (χ0n) is 9.40. The molecule has 0 saturated carbocycles. The number of pyridine rings is 1. The maximum atomic E-state index is 12.4. The largest absolute Gasteiger partial charge is 0.454 e. The van der Waals surface area contributed by atoms with Crippen molar-refractivity contribution < 1.29 is 9.47 Å². The standard InChI is InChI=1S/C14H9NO3/c16-14-8-3-1-2-4-10(8)15-11-6-13-12(5-9(11)14)17-7-18-13/h1-6H,7H2,(H,15,16). The van der Waals surface area contributed by atoms with E-state index >= 15 is 0 Å². The second-order valence-electron chi connectivity index (χ2n) is 4.25. The molecular formula is C14H9NO3. The number of rotatable bonds is 0. The number of para-hydroxylation sites is 1. The van der Waals surface area contributed by atoms with Crippen molar-refractivity contribution in [2.75, 3.05) is 6.79 Å². The van der Waals surface area contributed by atoms with Crippen molar-refractivity contribution in [1.82, 2.24) is 4.98 Å². The summed E-state index contributed by atoms with van der Waals surface area (Å²) in [5.41, 5.74) is 1.61. The van der Waals surface area contributed by atoms with E-state index in [9.17, 15) is 4.79 Å². The lowest BCUT2D eigenvalue weighted by molar-refractivity contribution is 0.174. The molecule has 18 heavy (non-hydrogen) atoms. The molecule has 4 nitrogen and oxygen atoms in total. The normalized spacial score (nSPS) is 13.3. The highest BCUT2D eigenvalue weighted by atomic mass is 16.7. The minimum Gasteiger partial charge on any atom is -0.454 e. The van der Waals surface area contributed by atoms with Crippen LogP contribution in [0.2, 0.25) is 0 Å². The molecule has 1 aliphatic heterocycles. The molecule has 1 N–H and O–H groups in total. The fourth-order valence-corrected chi connectivity index (χ4v) is 2.31. The Morgan fingerprint density at radius 1 is 0.944 bits per heavy atom. The van der Waals surface area contributed by atoms with E-state index < -0.39 is 0 Å². The van der Waals surface area contributed by atoms with Gasteiger partial charge in [0, 0.05) is 17.0 Å². The number of hydrogen-bond acceptors (Lipinski definition) is 3. The molecule has 0 atom stereocenters. The summed E-state index contributed by atoms with van der Waals surface area (Å²) < 4.78 is 10.6. The quantitative estimate of drug-likeness (QED) is 0.613. The van der Waals surface area contributed by atoms with Gasteiger partial charge in [-0.2, -0.15) is 0 Å². The highest BCUT2D eigenvalue weighted by Gasteiger charge is 2.16. The van der Waals surface area contributed by atoms with Gasteiger partial charge < -0.3 is 14.5 Å². The van der Waals surface area contributed by atoms with Crippen molar-refractivity contribution in [3.8, 4) is 11.5 Å². The first-order valence-electron chi connectivity index (χ1n) is 5.67. The Bertz CT molecular complexity index is 835. The van der Waals surface area contributed by atoms with Gasteiger partial charge in [0.15, 0.2) is 16.9 Å². The Morgan fingerprint density at radius 3 is 2.61 bits per heavy atom. The second kappa shape index (κ2) is 3.26. The average Bonchev–Trinajstić information content (AvgIpc) is 2.84. The Labute approximate surface area is 102 Å². The first kappa shape index (κ1) is 9.53. The van der Waals surface area contributed by atoms with Crippen molar-refractivity contribution in [3.63, 3.8) is 0 Å². The molecule has 2 aromatic carbocycles. The van der Waals surface area contributed by atoms with Crippen LogP contribution in [0.4, 0.5) is 0 Å². The molecule has 4 heteroatoms. The second-order valence-corrected chi connectivity index (χ2v) is 4.25. The molecule has 1 aromatic heterocycles. The van der Waals surface area contributed by atoms with Gasteiger partial charge in [0.25, 0.3) is 0 Å². The van der Waals surface area contributed by atoms with Crippen molar-refractivity contribution in [1.29, 1.82) is 0 Å². The van der Waals surface area contributed by atoms with E-state index in [-0.39, 0.29) is 12.2 Å². The van der Waals surface area contributed by atoms with Gasteiger partial charge in [-0.1, -0.05) is 12.1 Å². The molecule has 88 valence electrons. The molecule has 1 aliphatic rings. The Morgan fingerprint density at radius 2 is 1.72 bits per heavy atom. The fourth-order valence-electron chi connectivity index (χ4n) is 2.31. The lowest BCUT2D eigenvalue weighted by atomic mass is 10.1. The molecule has 0 amide bonds. The molecule has 0 radical (unpaired) electrons. The Kier molecular flexibility index (Phi) is 1.73. The van der Waals surface area contributed by atoms with Crippen LogP contribution < -0.4 is 14.9 Å². The summed E-state index contributed by atoms with van der Waals surface area (Å²) >= 11 is 0. The summed E-state index contributed by atoms with van der Waals surface area (Å²) in [5, 5.41) is 1.31. The van der Waals surface area contributed by atoms with Crippen LogP contribution in [0.3, 0.4) is 0 Å². The third kappa shape index (κ3) is 1.17. The number of hydrogen-bond donors (Lipinski definition) is 1. The molecule has 0 spiro atoms. The fraction of sp³-hybridized carbons (Fsp3) is 0.0714. The van der Waals surface area contributed by atoms with Crippen LogP contribution in [0.15, 0.2) is 41.2 Å². The number of ether oxygens (including phenoxy) is 2. The number of aromatic nitrogens is 1. The number of benzene rings is 2. The Hall–Kier alpha value is -2.49. The smallest absolute Gasteiger partial charge is 0.231 e. The van der Waals surface area contributed by atoms with Crippen LogP contribution >= 0.6 is 0 Å². The first-order valence-corrected chi connectivity index (χ1v) is 5.67. The third-order valence-corrected chi connectivity index (χ3v) is 3.20. The van der Waals surface area contributed by atoms with E-state index in [0.29, 0.717) is 22.3 Å². The van der Waals surface area contributed by atoms with Crippen molar-refractivity contribution in [3.05, 3.63) is 46.6 Å². The molecule has 3 aromatic rings. The zero-order valence-corrected chi connectivity index (χ0v) is 9.40. The van der Waals surface area contributed by atoms with Gasteiger partial charge in [0.05, 0.1) is 10.9 Å². The van der Waals surface area contributed by atoms with Gasteiger partial charge in [-0.05, 0) is 18.2 Å². The van der Waals surface area contributed by atoms with Crippen LogP contribution in [0, 0.1) is 0 Å². The molecule has 0 aliphatic carbocycles. The SMILES string of the molecule is O=c1c2ccccc2[nH]c2cc3c(cc12)OCO3. The molecule has 0 bridgehead atoms. The predicted molar refractivity (Wildman–Crippen MR) is 68.2 cm³/mol. The predicted octanol–water partition coefficient (Wildman–Crippen LogP) is 2.41. The monoisotopic (exact) mass is 239 g/mol. The molecule has 2 heterocycles. The van der Waals surface area contributed by atoms with Crippen LogP contribution in [-0.4, -0.2) is 11.8 Å². The van der Waals surface area contributed by atoms with Gasteiger partial charge >= 0.3 is 0 Å². The molecular weight excluding hydrogens is 230 g/mol. The molecule has 0 unspecified atom stereocenters. The summed E-state index contributed by atoms with van der Waals surface area (Å²) in [6.45, 7) is 0.208. The molecule has 0 saturated heterocycles. The lowest BCUT2D eigenvalue weighted by Gasteiger charge is -2.03. The van der Waals surface area contributed by atoms with Crippen molar-refractivity contribution in [2.45, 2.75) is 0 Å². The van der Waals surface area contributed by atoms with Crippen LogP contribution in [0.25, 0.3) is 21.8 Å². The summed E-state index contributed by atoms with van der Waals surface area (Å²) in [4.78, 5) is 15.6.